The van der Waals surface area contributed by atoms with Gasteiger partial charge in [-0.2, -0.15) is 17.0 Å². The number of nitrogens with zero attached hydrogens (tertiary/aromatic N) is 2. The van der Waals surface area contributed by atoms with E-state index in [1.54, 1.807) is 21.9 Å². The van der Waals surface area contributed by atoms with Gasteiger partial charge in [0.1, 0.15) is 5.76 Å². The predicted octanol–water partition coefficient (Wildman–Crippen LogP) is 3.28. The molecule has 6 heteroatoms. The summed E-state index contributed by atoms with van der Waals surface area (Å²) in [5, 5.41) is 0. The topological polar surface area (TPSA) is 53.8 Å². The molecule has 5 nitrogen and oxygen atoms in total. The predicted molar refractivity (Wildman–Crippen MR) is 91.6 cm³/mol. The first-order valence-corrected chi connectivity index (χ1v) is 9.85. The highest BCUT2D eigenvalue weighted by molar-refractivity contribution is 7.86. The summed E-state index contributed by atoms with van der Waals surface area (Å²) in [5.74, 6) is 0.733. The summed E-state index contributed by atoms with van der Waals surface area (Å²) in [6.45, 7) is 0.548. The van der Waals surface area contributed by atoms with E-state index in [4.69, 9.17) is 4.42 Å². The lowest BCUT2D eigenvalue weighted by molar-refractivity contribution is 0.289. The first-order chi connectivity index (χ1) is 11.6. The molecule has 0 unspecified atom stereocenters. The van der Waals surface area contributed by atoms with Gasteiger partial charge >= 0.3 is 0 Å². The molecular formula is C18H22N2O3S. The lowest BCUT2D eigenvalue weighted by Crippen LogP contribution is -2.42. The second-order valence-electron chi connectivity index (χ2n) is 6.56. The second-order valence-corrected chi connectivity index (χ2v) is 8.50. The van der Waals surface area contributed by atoms with Crippen molar-refractivity contribution in [3.8, 4) is 0 Å². The Bertz CT molecular complexity index is 817. The lowest BCUT2D eigenvalue weighted by atomic mass is 10.1. The Kier molecular flexibility index (Phi) is 3.98. The molecule has 1 aromatic carbocycles. The molecule has 0 N–H and O–H groups in total. The van der Waals surface area contributed by atoms with Crippen LogP contribution in [0.25, 0.3) is 0 Å². The molecule has 1 fully saturated rings. The van der Waals surface area contributed by atoms with Crippen molar-refractivity contribution in [1.82, 2.24) is 8.61 Å². The van der Waals surface area contributed by atoms with Gasteiger partial charge in [0.2, 0.25) is 0 Å². The maximum absolute atomic E-state index is 13.2. The van der Waals surface area contributed by atoms with Gasteiger partial charge in [0.25, 0.3) is 10.2 Å². The van der Waals surface area contributed by atoms with E-state index in [0.29, 0.717) is 6.54 Å². The zero-order valence-electron chi connectivity index (χ0n) is 13.8. The Hall–Kier alpha value is -1.63. The molecule has 128 valence electrons. The average molecular weight is 346 g/mol. The minimum Gasteiger partial charge on any atom is -0.468 e. The molecule has 1 saturated heterocycles. The molecule has 2 atom stereocenters. The van der Waals surface area contributed by atoms with Gasteiger partial charge < -0.3 is 4.42 Å². The zero-order chi connectivity index (χ0) is 16.7. The van der Waals surface area contributed by atoms with Crippen LogP contribution in [0.15, 0.2) is 47.1 Å². The van der Waals surface area contributed by atoms with Gasteiger partial charge in [-0.3, -0.25) is 0 Å². The molecule has 4 rings (SSSR count). The highest BCUT2D eigenvalue weighted by atomic mass is 32.2. The van der Waals surface area contributed by atoms with E-state index < -0.39 is 10.2 Å². The Balaban J connectivity index is 1.63. The minimum atomic E-state index is -3.53. The molecule has 2 aliphatic rings. The van der Waals surface area contributed by atoms with Crippen molar-refractivity contribution in [2.24, 2.45) is 0 Å². The van der Waals surface area contributed by atoms with Gasteiger partial charge in [-0.1, -0.05) is 24.3 Å². The fourth-order valence-corrected chi connectivity index (χ4v) is 5.78. The van der Waals surface area contributed by atoms with E-state index in [0.717, 1.165) is 37.0 Å². The number of aryl methyl sites for hydroxylation is 1. The smallest absolute Gasteiger partial charge is 0.282 e. The molecule has 0 amide bonds. The number of rotatable bonds is 4. The van der Waals surface area contributed by atoms with Crippen LogP contribution in [0.4, 0.5) is 0 Å². The summed E-state index contributed by atoms with van der Waals surface area (Å²) in [6.07, 6.45) is 5.05. The van der Waals surface area contributed by atoms with Crippen LogP contribution < -0.4 is 0 Å². The average Bonchev–Trinajstić information content (AvgIpc) is 3.31. The molecule has 0 saturated carbocycles. The molecule has 2 heterocycles. The van der Waals surface area contributed by atoms with Crippen LogP contribution in [0.3, 0.4) is 0 Å². The van der Waals surface area contributed by atoms with Crippen LogP contribution in [-0.2, 0) is 16.6 Å². The van der Waals surface area contributed by atoms with Gasteiger partial charge in [-0.05, 0) is 48.9 Å². The van der Waals surface area contributed by atoms with Gasteiger partial charge in [0.05, 0.1) is 18.3 Å². The minimum absolute atomic E-state index is 0.0796. The summed E-state index contributed by atoms with van der Waals surface area (Å²) in [5.41, 5.74) is 2.39. The summed E-state index contributed by atoms with van der Waals surface area (Å²) in [4.78, 5) is 0. The van der Waals surface area contributed by atoms with E-state index in [9.17, 15) is 8.42 Å². The number of hydrogen-bond donors (Lipinski definition) is 0. The molecule has 1 aliphatic carbocycles. The van der Waals surface area contributed by atoms with Crippen molar-refractivity contribution >= 4 is 10.2 Å². The first-order valence-electron chi connectivity index (χ1n) is 8.45. The summed E-state index contributed by atoms with van der Waals surface area (Å²) >= 11 is 0. The highest BCUT2D eigenvalue weighted by Crippen LogP contribution is 2.40. The van der Waals surface area contributed by atoms with Gasteiger partial charge in [0.15, 0.2) is 0 Å². The zero-order valence-corrected chi connectivity index (χ0v) is 14.6. The third kappa shape index (κ3) is 2.49. The second kappa shape index (κ2) is 6.02. The molecule has 2 aromatic rings. The van der Waals surface area contributed by atoms with Crippen LogP contribution >= 0.6 is 0 Å². The van der Waals surface area contributed by atoms with Crippen LogP contribution in [0, 0.1) is 0 Å². The van der Waals surface area contributed by atoms with Crippen molar-refractivity contribution in [3.63, 3.8) is 0 Å². The third-order valence-corrected chi connectivity index (χ3v) is 7.29. The molecule has 0 radical (unpaired) electrons. The Morgan fingerprint density at radius 2 is 2.00 bits per heavy atom. The molecule has 0 bridgehead atoms. The lowest BCUT2D eigenvalue weighted by Gasteiger charge is -2.31. The van der Waals surface area contributed by atoms with Crippen molar-refractivity contribution in [3.05, 3.63) is 59.5 Å². The maximum atomic E-state index is 13.2. The molecule has 0 spiro atoms. The fourth-order valence-electron chi connectivity index (χ4n) is 4.02. The summed E-state index contributed by atoms with van der Waals surface area (Å²) < 4.78 is 35.1. The van der Waals surface area contributed by atoms with Crippen molar-refractivity contribution < 1.29 is 12.8 Å². The number of hydrogen-bond acceptors (Lipinski definition) is 3. The van der Waals surface area contributed by atoms with Crippen molar-refractivity contribution in [2.75, 3.05) is 13.6 Å². The number of furan rings is 1. The summed E-state index contributed by atoms with van der Waals surface area (Å²) in [7, 11) is -1.83. The van der Waals surface area contributed by atoms with E-state index in [-0.39, 0.29) is 12.1 Å². The van der Waals surface area contributed by atoms with E-state index in [2.05, 4.69) is 6.07 Å². The van der Waals surface area contributed by atoms with E-state index in [1.165, 1.54) is 5.56 Å². The Morgan fingerprint density at radius 3 is 2.79 bits per heavy atom. The van der Waals surface area contributed by atoms with Crippen molar-refractivity contribution in [1.29, 1.82) is 0 Å². The molecule has 1 aromatic heterocycles. The molecular weight excluding hydrogens is 324 g/mol. The molecule has 24 heavy (non-hydrogen) atoms. The normalized spacial score (nSPS) is 24.6. The standard InChI is InChI=1S/C18H22N2O3S/c1-19(16-11-10-14-6-2-3-7-15(14)16)24(21,22)20-12-4-8-17(20)18-9-5-13-23-18/h2-3,5-7,9,13,16-17H,4,8,10-12H2,1H3/t16-,17+/m1/s1. The molecule has 1 aliphatic heterocycles. The number of fused-ring (bicyclic) bond motifs is 1. The van der Waals surface area contributed by atoms with Crippen LogP contribution in [0.1, 0.15) is 48.2 Å². The van der Waals surface area contributed by atoms with Gasteiger partial charge in [-0.25, -0.2) is 0 Å². The Morgan fingerprint density at radius 1 is 1.17 bits per heavy atom. The SMILES string of the molecule is CN([C@@H]1CCc2ccccc21)S(=O)(=O)N1CCC[C@H]1c1ccco1. The fraction of sp³-hybridized carbons (Fsp3) is 0.444. The number of benzene rings is 1. The van der Waals surface area contributed by atoms with E-state index in [1.807, 2.05) is 30.3 Å². The summed E-state index contributed by atoms with van der Waals surface area (Å²) in [6, 6.07) is 11.6. The maximum Gasteiger partial charge on any atom is 0.282 e. The quantitative estimate of drug-likeness (QED) is 0.854. The monoisotopic (exact) mass is 346 g/mol. The van der Waals surface area contributed by atoms with Crippen molar-refractivity contribution in [2.45, 2.75) is 37.8 Å². The van der Waals surface area contributed by atoms with E-state index >= 15 is 0 Å². The third-order valence-electron chi connectivity index (χ3n) is 5.28. The van der Waals surface area contributed by atoms with Gasteiger partial charge in [-0.15, -0.1) is 0 Å². The van der Waals surface area contributed by atoms with Crippen LogP contribution in [0.2, 0.25) is 0 Å². The van der Waals surface area contributed by atoms with Crippen LogP contribution in [-0.4, -0.2) is 30.6 Å². The van der Waals surface area contributed by atoms with Crippen LogP contribution in [0.5, 0.6) is 0 Å². The Labute approximate surface area is 143 Å². The van der Waals surface area contributed by atoms with Gasteiger partial charge in [0, 0.05) is 13.6 Å². The largest absolute Gasteiger partial charge is 0.468 e. The first kappa shape index (κ1) is 15.9. The highest BCUT2D eigenvalue weighted by Gasteiger charge is 2.42.